The van der Waals surface area contributed by atoms with Crippen LogP contribution in [0.25, 0.3) is 0 Å². The van der Waals surface area contributed by atoms with Crippen molar-refractivity contribution in [2.24, 2.45) is 0 Å². The highest BCUT2D eigenvalue weighted by Crippen LogP contribution is 2.37. The summed E-state index contributed by atoms with van der Waals surface area (Å²) in [6, 6.07) is 59.4. The van der Waals surface area contributed by atoms with Crippen LogP contribution in [0.1, 0.15) is 33.4 Å². The summed E-state index contributed by atoms with van der Waals surface area (Å²) in [5.41, 5.74) is 5.74. The Hall–Kier alpha value is -5.20. The highest BCUT2D eigenvalue weighted by atomic mass is 16.8. The molecule has 6 aromatic rings. The summed E-state index contributed by atoms with van der Waals surface area (Å²) < 4.78 is 74.4. The Morgan fingerprint density at radius 1 is 0.394 bits per heavy atom. The zero-order valence-electron chi connectivity index (χ0n) is 40.1. The maximum absolute atomic E-state index is 10.6. The van der Waals surface area contributed by atoms with Crippen LogP contribution in [0.5, 0.6) is 0 Å². The van der Waals surface area contributed by atoms with Gasteiger partial charge in [-0.1, -0.05) is 182 Å². The second kappa shape index (κ2) is 28.1. The van der Waals surface area contributed by atoms with E-state index in [1.165, 1.54) is 7.11 Å². The van der Waals surface area contributed by atoms with Crippen LogP contribution in [0.4, 0.5) is 0 Å². The van der Waals surface area contributed by atoms with Crippen LogP contribution in [-0.4, -0.2) is 111 Å². The summed E-state index contributed by atoms with van der Waals surface area (Å²) in [5.74, 6) is 0. The van der Waals surface area contributed by atoms with Gasteiger partial charge in [0.1, 0.15) is 54.9 Å². The first kappa shape index (κ1) is 52.1. The number of rotatable bonds is 27. The number of aliphatic hydroxyl groups is 2. The SMILES string of the molecule is CO[C@@H]1O[C@H](COCc2ccccc2)[C@H](O[C@H]2O[C@H](COCc3ccccc3)[C@H](OCc3ccccc3)[C@H](OCc3ccccc3)[C@H]2OCc2ccccc2)[C@H](OCc2ccccc2)[C@H]1OCC(O)CO. The van der Waals surface area contributed by atoms with Crippen molar-refractivity contribution >= 4 is 0 Å². The maximum Gasteiger partial charge on any atom is 0.187 e. The lowest BCUT2D eigenvalue weighted by Gasteiger charge is -2.50. The zero-order chi connectivity index (χ0) is 48.9. The van der Waals surface area contributed by atoms with Crippen molar-refractivity contribution in [3.63, 3.8) is 0 Å². The Labute approximate surface area is 417 Å². The van der Waals surface area contributed by atoms with Crippen LogP contribution in [0.3, 0.4) is 0 Å². The third-order valence-electron chi connectivity index (χ3n) is 12.3. The standard InChI is InChI=1S/C58H66O13/c1-61-57-55(68-39-48(60)32-59)54(66-37-46-28-16-6-17-29-46)52(50(69-57)41-63-34-43-22-10-3-11-23-43)71-58-56(67-38-47-30-18-7-19-31-47)53(65-36-45-26-14-5-15-27-45)51(64-35-44-24-12-4-13-25-44)49(70-58)40-62-33-42-20-8-2-9-21-42/h2-31,48-60H,32-41H2,1H3/t48?,49-,50-,51+,52+,53+,54+,55-,56-,57-,58-/m1/s1. The molecule has 0 aliphatic carbocycles. The summed E-state index contributed by atoms with van der Waals surface area (Å²) in [6.07, 6.45) is -10.2. The Kier molecular flexibility index (Phi) is 20.7. The summed E-state index contributed by atoms with van der Waals surface area (Å²) in [7, 11) is 1.52. The molecular formula is C58H66O13. The molecule has 2 saturated heterocycles. The highest BCUT2D eigenvalue weighted by molar-refractivity contribution is 5.18. The topological polar surface area (TPSA) is 142 Å². The number of benzene rings is 6. The first-order valence-corrected chi connectivity index (χ1v) is 24.3. The molecule has 0 amide bonds. The average molecular weight is 971 g/mol. The van der Waals surface area contributed by atoms with E-state index in [1.807, 2.05) is 182 Å². The molecule has 8 rings (SSSR count). The van der Waals surface area contributed by atoms with Gasteiger partial charge in [0.25, 0.3) is 0 Å². The molecule has 2 heterocycles. The minimum absolute atomic E-state index is 0.0548. The van der Waals surface area contributed by atoms with Crippen molar-refractivity contribution in [1.82, 2.24) is 0 Å². The van der Waals surface area contributed by atoms with Crippen LogP contribution >= 0.6 is 0 Å². The summed E-state index contributed by atoms with van der Waals surface area (Å²) in [5, 5.41) is 20.4. The lowest BCUT2D eigenvalue weighted by Crippen LogP contribution is -2.66. The lowest BCUT2D eigenvalue weighted by atomic mass is 9.95. The summed E-state index contributed by atoms with van der Waals surface area (Å²) in [4.78, 5) is 0. The molecule has 2 aliphatic heterocycles. The smallest absolute Gasteiger partial charge is 0.187 e. The monoisotopic (exact) mass is 970 g/mol. The number of ether oxygens (including phenoxy) is 11. The average Bonchev–Trinajstić information content (AvgIpc) is 3.42. The lowest BCUT2D eigenvalue weighted by molar-refractivity contribution is -0.376. The normalized spacial score (nSPS) is 24.9. The quantitative estimate of drug-likeness (QED) is 0.0516. The molecule has 13 nitrogen and oxygen atoms in total. The van der Waals surface area contributed by atoms with Gasteiger partial charge in [-0.05, 0) is 33.4 Å². The van der Waals surface area contributed by atoms with E-state index < -0.39 is 74.1 Å². The van der Waals surface area contributed by atoms with Crippen LogP contribution in [0, 0.1) is 0 Å². The van der Waals surface area contributed by atoms with E-state index in [2.05, 4.69) is 0 Å². The van der Waals surface area contributed by atoms with Crippen LogP contribution in [0.15, 0.2) is 182 Å². The summed E-state index contributed by atoms with van der Waals surface area (Å²) >= 11 is 0. The van der Waals surface area contributed by atoms with Gasteiger partial charge < -0.3 is 62.3 Å². The fourth-order valence-electron chi connectivity index (χ4n) is 8.65. The zero-order valence-corrected chi connectivity index (χ0v) is 40.1. The molecule has 11 atom stereocenters. The number of hydrogen-bond donors (Lipinski definition) is 2. The van der Waals surface area contributed by atoms with Gasteiger partial charge in [0.15, 0.2) is 12.6 Å². The van der Waals surface area contributed by atoms with Crippen LogP contribution < -0.4 is 0 Å². The van der Waals surface area contributed by atoms with Gasteiger partial charge in [-0.15, -0.1) is 0 Å². The Balaban J connectivity index is 1.19. The molecule has 2 N–H and O–H groups in total. The molecule has 0 radical (unpaired) electrons. The minimum atomic E-state index is -1.18. The molecule has 2 aliphatic rings. The first-order valence-electron chi connectivity index (χ1n) is 24.3. The van der Waals surface area contributed by atoms with Crippen molar-refractivity contribution in [3.8, 4) is 0 Å². The molecule has 0 aromatic heterocycles. The predicted molar refractivity (Wildman–Crippen MR) is 264 cm³/mol. The van der Waals surface area contributed by atoms with Gasteiger partial charge in [0.2, 0.25) is 0 Å². The molecule has 376 valence electrons. The van der Waals surface area contributed by atoms with E-state index in [4.69, 9.17) is 52.1 Å². The van der Waals surface area contributed by atoms with Gasteiger partial charge in [-0.2, -0.15) is 0 Å². The van der Waals surface area contributed by atoms with Gasteiger partial charge >= 0.3 is 0 Å². The second-order valence-corrected chi connectivity index (χ2v) is 17.6. The van der Waals surface area contributed by atoms with Gasteiger partial charge in [0, 0.05) is 7.11 Å². The van der Waals surface area contributed by atoms with E-state index in [1.54, 1.807) is 0 Å². The molecule has 71 heavy (non-hydrogen) atoms. The molecule has 13 heteroatoms. The Bertz CT molecular complexity index is 2330. The first-order chi connectivity index (χ1) is 35.0. The highest BCUT2D eigenvalue weighted by Gasteiger charge is 2.54. The second-order valence-electron chi connectivity index (χ2n) is 17.6. The number of aliphatic hydroxyl groups excluding tert-OH is 2. The van der Waals surface area contributed by atoms with E-state index in [0.717, 1.165) is 33.4 Å². The van der Waals surface area contributed by atoms with Crippen molar-refractivity contribution in [2.75, 3.05) is 33.5 Å². The molecule has 0 saturated carbocycles. The number of hydrogen-bond acceptors (Lipinski definition) is 13. The van der Waals surface area contributed by atoms with E-state index in [-0.39, 0.29) is 46.2 Å². The van der Waals surface area contributed by atoms with Crippen molar-refractivity contribution in [3.05, 3.63) is 215 Å². The molecule has 0 spiro atoms. The third-order valence-corrected chi connectivity index (χ3v) is 12.3. The van der Waals surface area contributed by atoms with Crippen LogP contribution in [-0.2, 0) is 91.7 Å². The van der Waals surface area contributed by atoms with E-state index >= 15 is 0 Å². The van der Waals surface area contributed by atoms with Crippen LogP contribution in [0.2, 0.25) is 0 Å². The molecule has 1 unspecified atom stereocenters. The van der Waals surface area contributed by atoms with Gasteiger partial charge in [-0.3, -0.25) is 0 Å². The number of methoxy groups -OCH3 is 1. The minimum Gasteiger partial charge on any atom is -0.394 e. The molecule has 0 bridgehead atoms. The fraction of sp³-hybridized carbons (Fsp3) is 0.379. The Morgan fingerprint density at radius 2 is 0.718 bits per heavy atom. The van der Waals surface area contributed by atoms with E-state index in [0.29, 0.717) is 13.2 Å². The fourth-order valence-corrected chi connectivity index (χ4v) is 8.65. The molecular weight excluding hydrogens is 905 g/mol. The molecule has 6 aromatic carbocycles. The largest absolute Gasteiger partial charge is 0.394 e. The van der Waals surface area contributed by atoms with Crippen molar-refractivity contribution < 1.29 is 62.3 Å². The van der Waals surface area contributed by atoms with Crippen molar-refractivity contribution in [2.45, 2.75) is 107 Å². The van der Waals surface area contributed by atoms with Gasteiger partial charge in [0.05, 0.1) is 66.1 Å². The van der Waals surface area contributed by atoms with Gasteiger partial charge in [-0.25, -0.2) is 0 Å². The predicted octanol–water partition coefficient (Wildman–Crippen LogP) is 7.98. The summed E-state index contributed by atoms with van der Waals surface area (Å²) in [6.45, 7) is 0.875. The third kappa shape index (κ3) is 15.6. The van der Waals surface area contributed by atoms with Crippen molar-refractivity contribution in [1.29, 1.82) is 0 Å². The molecule has 2 fully saturated rings. The van der Waals surface area contributed by atoms with E-state index in [9.17, 15) is 10.2 Å². The Morgan fingerprint density at radius 3 is 1.11 bits per heavy atom. The maximum atomic E-state index is 10.6.